The van der Waals surface area contributed by atoms with Gasteiger partial charge < -0.3 is 25.9 Å². The van der Waals surface area contributed by atoms with Crippen molar-refractivity contribution in [3.63, 3.8) is 0 Å². The van der Waals surface area contributed by atoms with Crippen LogP contribution in [0.2, 0.25) is 0 Å². The number of hydrogen-bond acceptors (Lipinski definition) is 4. The SMILES string of the molecule is CCCC[N+](C)(CCCC)CCCC.NCCCC[C@H](N)C(=O)[O-]. The first-order chi connectivity index (χ1) is 11.4. The minimum absolute atomic E-state index is 0.458. The van der Waals surface area contributed by atoms with Crippen molar-refractivity contribution in [1.29, 1.82) is 0 Å². The zero-order chi connectivity index (χ0) is 18.8. The van der Waals surface area contributed by atoms with Crippen LogP contribution in [-0.2, 0) is 4.79 Å². The second-order valence-electron chi connectivity index (χ2n) is 7.06. The molecule has 5 nitrogen and oxygen atoms in total. The Hall–Kier alpha value is -0.650. The molecule has 0 heterocycles. The second kappa shape index (κ2) is 17.2. The number of carbonyl (C=O) groups excluding carboxylic acids is 1. The maximum atomic E-state index is 10.0. The molecule has 0 spiro atoms. The Morgan fingerprint density at radius 2 is 1.33 bits per heavy atom. The smallest absolute Gasteiger partial charge is 0.0784 e. The highest BCUT2D eigenvalue weighted by Gasteiger charge is 2.18. The lowest BCUT2D eigenvalue weighted by atomic mass is 10.1. The molecule has 0 radical (unpaired) electrons. The van der Waals surface area contributed by atoms with Crippen LogP contribution < -0.4 is 16.6 Å². The summed E-state index contributed by atoms with van der Waals surface area (Å²) < 4.78 is 1.32. The van der Waals surface area contributed by atoms with Gasteiger partial charge in [0.1, 0.15) is 0 Å². The lowest BCUT2D eigenvalue weighted by Crippen LogP contribution is -2.46. The highest BCUT2D eigenvalue weighted by Crippen LogP contribution is 2.10. The van der Waals surface area contributed by atoms with E-state index >= 15 is 0 Å². The summed E-state index contributed by atoms with van der Waals surface area (Å²) in [6.45, 7) is 11.6. The van der Waals surface area contributed by atoms with E-state index in [1.165, 1.54) is 62.6 Å². The summed E-state index contributed by atoms with van der Waals surface area (Å²) in [6.07, 6.45) is 10.2. The number of carboxylic acids is 1. The second-order valence-corrected chi connectivity index (χ2v) is 7.06. The molecule has 0 aliphatic heterocycles. The summed E-state index contributed by atoms with van der Waals surface area (Å²) >= 11 is 0. The normalized spacial score (nSPS) is 12.4. The Kier molecular flexibility index (Phi) is 18.3. The van der Waals surface area contributed by atoms with Crippen LogP contribution in [-0.4, -0.2) is 49.7 Å². The molecule has 0 fully saturated rings. The number of carboxylic acid groups (broad SMARTS) is 1. The number of hydrogen-bond donors (Lipinski definition) is 2. The van der Waals surface area contributed by atoms with Gasteiger partial charge in [0.05, 0.1) is 32.7 Å². The summed E-state index contributed by atoms with van der Waals surface area (Å²) in [7, 11) is 2.45. The Bertz CT molecular complexity index is 264. The van der Waals surface area contributed by atoms with Crippen molar-refractivity contribution >= 4 is 5.97 Å². The fourth-order valence-corrected chi connectivity index (χ4v) is 2.58. The van der Waals surface area contributed by atoms with Crippen molar-refractivity contribution in [2.75, 3.05) is 33.2 Å². The van der Waals surface area contributed by atoms with Gasteiger partial charge >= 0.3 is 0 Å². The molecule has 0 bridgehead atoms. The fraction of sp³-hybridized carbons (Fsp3) is 0.947. The summed E-state index contributed by atoms with van der Waals surface area (Å²) in [5.74, 6) is -1.18. The molecule has 0 aromatic heterocycles. The molecule has 0 aromatic carbocycles. The van der Waals surface area contributed by atoms with Crippen LogP contribution >= 0.6 is 0 Å². The molecule has 0 aromatic rings. The van der Waals surface area contributed by atoms with Crippen LogP contribution in [0, 0.1) is 0 Å². The highest BCUT2D eigenvalue weighted by molar-refractivity contribution is 5.70. The first kappa shape index (κ1) is 25.6. The summed E-state index contributed by atoms with van der Waals surface area (Å²) in [5, 5.41) is 10.0. The molecule has 24 heavy (non-hydrogen) atoms. The number of aliphatic carboxylic acids is 1. The van der Waals surface area contributed by atoms with Crippen LogP contribution in [0.1, 0.15) is 78.6 Å². The molecule has 0 saturated carbocycles. The van der Waals surface area contributed by atoms with Crippen LogP contribution in [0.5, 0.6) is 0 Å². The molecule has 0 saturated heterocycles. The van der Waals surface area contributed by atoms with E-state index in [1.54, 1.807) is 0 Å². The molecule has 0 aliphatic rings. The van der Waals surface area contributed by atoms with Gasteiger partial charge in [-0.3, -0.25) is 0 Å². The van der Waals surface area contributed by atoms with E-state index in [2.05, 4.69) is 27.8 Å². The third kappa shape index (κ3) is 16.2. The zero-order valence-electron chi connectivity index (χ0n) is 16.7. The number of rotatable bonds is 14. The first-order valence-electron chi connectivity index (χ1n) is 9.86. The van der Waals surface area contributed by atoms with E-state index in [1.807, 2.05) is 0 Å². The molecule has 146 valence electrons. The minimum Gasteiger partial charge on any atom is -0.548 e. The van der Waals surface area contributed by atoms with Gasteiger partial charge in [-0.15, -0.1) is 0 Å². The zero-order valence-corrected chi connectivity index (χ0v) is 16.7. The molecule has 0 unspecified atom stereocenters. The van der Waals surface area contributed by atoms with Crippen LogP contribution in [0.3, 0.4) is 0 Å². The van der Waals surface area contributed by atoms with Crippen molar-refractivity contribution in [2.24, 2.45) is 11.5 Å². The van der Waals surface area contributed by atoms with E-state index in [0.29, 0.717) is 13.0 Å². The van der Waals surface area contributed by atoms with E-state index in [4.69, 9.17) is 11.5 Å². The largest absolute Gasteiger partial charge is 0.548 e. The summed E-state index contributed by atoms with van der Waals surface area (Å²) in [4.78, 5) is 10.0. The monoisotopic (exact) mass is 345 g/mol. The topological polar surface area (TPSA) is 92.2 Å². The maximum Gasteiger partial charge on any atom is 0.0784 e. The molecule has 0 rings (SSSR count). The fourth-order valence-electron chi connectivity index (χ4n) is 2.58. The maximum absolute atomic E-state index is 10.0. The Balaban J connectivity index is 0. The van der Waals surface area contributed by atoms with Gasteiger partial charge in [-0.05, 0) is 38.6 Å². The quantitative estimate of drug-likeness (QED) is 0.372. The Morgan fingerprint density at radius 1 is 0.917 bits per heavy atom. The third-order valence-electron chi connectivity index (χ3n) is 4.43. The summed E-state index contributed by atoms with van der Waals surface area (Å²) in [5.41, 5.74) is 10.3. The van der Waals surface area contributed by atoms with Crippen molar-refractivity contribution < 1.29 is 14.4 Å². The van der Waals surface area contributed by atoms with Crippen molar-refractivity contribution in [3.8, 4) is 0 Å². The number of quaternary nitrogens is 1. The molecule has 0 aliphatic carbocycles. The van der Waals surface area contributed by atoms with Crippen molar-refractivity contribution in [1.82, 2.24) is 0 Å². The van der Waals surface area contributed by atoms with E-state index in [9.17, 15) is 9.90 Å². The number of unbranched alkanes of at least 4 members (excludes halogenated alkanes) is 4. The number of carbonyl (C=O) groups is 1. The lowest BCUT2D eigenvalue weighted by molar-refractivity contribution is -0.910. The van der Waals surface area contributed by atoms with Crippen LogP contribution in [0.15, 0.2) is 0 Å². The van der Waals surface area contributed by atoms with E-state index in [0.717, 1.165) is 12.8 Å². The van der Waals surface area contributed by atoms with Gasteiger partial charge in [0.2, 0.25) is 0 Å². The molecular formula is C19H43N3O2. The third-order valence-corrected chi connectivity index (χ3v) is 4.43. The Morgan fingerprint density at radius 3 is 1.62 bits per heavy atom. The lowest BCUT2D eigenvalue weighted by Gasteiger charge is -2.34. The number of nitrogens with two attached hydrogens (primary N) is 2. The molecule has 0 amide bonds. The van der Waals surface area contributed by atoms with Crippen LogP contribution in [0.4, 0.5) is 0 Å². The van der Waals surface area contributed by atoms with Gasteiger partial charge in [0.25, 0.3) is 0 Å². The van der Waals surface area contributed by atoms with E-state index < -0.39 is 12.0 Å². The van der Waals surface area contributed by atoms with E-state index in [-0.39, 0.29) is 0 Å². The van der Waals surface area contributed by atoms with Crippen molar-refractivity contribution in [2.45, 2.75) is 84.6 Å². The number of nitrogens with zero attached hydrogens (tertiary/aromatic N) is 1. The van der Waals surface area contributed by atoms with Gasteiger partial charge in [0.15, 0.2) is 0 Å². The van der Waals surface area contributed by atoms with Crippen LogP contribution in [0.25, 0.3) is 0 Å². The van der Waals surface area contributed by atoms with Gasteiger partial charge in [-0.1, -0.05) is 46.5 Å². The Labute approximate surface area is 150 Å². The van der Waals surface area contributed by atoms with Crippen molar-refractivity contribution in [3.05, 3.63) is 0 Å². The minimum atomic E-state index is -1.18. The first-order valence-corrected chi connectivity index (χ1v) is 9.86. The average molecular weight is 346 g/mol. The molecule has 5 heteroatoms. The molecular weight excluding hydrogens is 302 g/mol. The van der Waals surface area contributed by atoms with Gasteiger partial charge in [0, 0.05) is 6.04 Å². The predicted octanol–water partition coefficient (Wildman–Crippen LogP) is 2.03. The average Bonchev–Trinajstić information content (AvgIpc) is 2.57. The molecule has 1 atom stereocenters. The molecule has 4 N–H and O–H groups in total. The van der Waals surface area contributed by atoms with Gasteiger partial charge in [-0.2, -0.15) is 0 Å². The van der Waals surface area contributed by atoms with Gasteiger partial charge in [-0.25, -0.2) is 0 Å². The highest BCUT2D eigenvalue weighted by atomic mass is 16.4. The standard InChI is InChI=1S/C13H30N.C6H14N2O2/c1-5-8-11-14(4,12-9-6-2)13-10-7-3;7-4-2-1-3-5(8)6(9)10/h5-13H2,1-4H3;5H,1-4,7-8H2,(H,9,10)/q+1;/p-1/t;5-/m.0/s1. The predicted molar refractivity (Wildman–Crippen MR) is 101 cm³/mol. The summed E-state index contributed by atoms with van der Waals surface area (Å²) in [6, 6.07) is -0.827.